The molecule has 0 aliphatic rings. The van der Waals surface area contributed by atoms with Crippen LogP contribution >= 0.6 is 11.8 Å². The highest BCUT2D eigenvalue weighted by Crippen LogP contribution is 2.04. The number of hydrogen-bond donors (Lipinski definition) is 1. The van der Waals surface area contributed by atoms with E-state index in [9.17, 15) is 9.59 Å². The van der Waals surface area contributed by atoms with Crippen LogP contribution in [0, 0.1) is 0 Å². The molecule has 0 aliphatic heterocycles. The molecule has 4 nitrogen and oxygen atoms in total. The van der Waals surface area contributed by atoms with Crippen molar-refractivity contribution in [3.05, 3.63) is 0 Å². The molecule has 5 heteroatoms. The lowest BCUT2D eigenvalue weighted by Crippen LogP contribution is -2.41. The second kappa shape index (κ2) is 10.4. The largest absolute Gasteiger partial charge is 0.467 e. The first-order chi connectivity index (χ1) is 8.15. The van der Waals surface area contributed by atoms with Crippen molar-refractivity contribution in [1.82, 2.24) is 5.32 Å². The smallest absolute Gasteiger partial charge is 0.328 e. The highest BCUT2D eigenvalue weighted by atomic mass is 32.2. The Morgan fingerprint density at radius 3 is 2.59 bits per heavy atom. The van der Waals surface area contributed by atoms with Crippen LogP contribution in [0.2, 0.25) is 0 Å². The molecule has 17 heavy (non-hydrogen) atoms. The Hall–Kier alpha value is -0.710. The van der Waals surface area contributed by atoms with Gasteiger partial charge in [-0.25, -0.2) is 4.79 Å². The van der Waals surface area contributed by atoms with Crippen molar-refractivity contribution in [2.45, 2.75) is 45.1 Å². The number of nitrogens with one attached hydrogen (secondary N) is 1. The number of carbonyl (C=O) groups excluding carboxylic acids is 2. The quantitative estimate of drug-likeness (QED) is 0.509. The lowest BCUT2D eigenvalue weighted by Gasteiger charge is -2.15. The zero-order valence-electron chi connectivity index (χ0n) is 11.0. The van der Waals surface area contributed by atoms with Gasteiger partial charge in [-0.15, -0.1) is 0 Å². The molecule has 0 bridgehead atoms. The van der Waals surface area contributed by atoms with E-state index in [-0.39, 0.29) is 11.9 Å². The van der Waals surface area contributed by atoms with Gasteiger partial charge >= 0.3 is 5.97 Å². The molecular formula is C12H23NO3S. The number of hydrogen-bond acceptors (Lipinski definition) is 4. The number of rotatable bonds is 9. The second-order valence-electron chi connectivity index (χ2n) is 3.88. The average Bonchev–Trinajstić information content (AvgIpc) is 2.33. The van der Waals surface area contributed by atoms with Crippen LogP contribution in [0.15, 0.2) is 0 Å². The van der Waals surface area contributed by atoms with Crippen molar-refractivity contribution in [1.29, 1.82) is 0 Å². The summed E-state index contributed by atoms with van der Waals surface area (Å²) in [6, 6.07) is -0.499. The topological polar surface area (TPSA) is 55.4 Å². The molecule has 0 unspecified atom stereocenters. The third kappa shape index (κ3) is 8.07. The van der Waals surface area contributed by atoms with Crippen LogP contribution in [0.3, 0.4) is 0 Å². The Bertz CT molecular complexity index is 234. The van der Waals surface area contributed by atoms with Crippen LogP contribution < -0.4 is 5.32 Å². The fourth-order valence-corrected chi connectivity index (χ4v) is 1.90. The van der Waals surface area contributed by atoms with E-state index in [1.165, 1.54) is 7.11 Å². The number of carbonyl (C=O) groups is 2. The number of esters is 1. The molecule has 0 saturated heterocycles. The average molecular weight is 261 g/mol. The molecule has 1 N–H and O–H groups in total. The molecule has 0 rings (SSSR count). The summed E-state index contributed by atoms with van der Waals surface area (Å²) in [6.45, 7) is 2.09. The van der Waals surface area contributed by atoms with Gasteiger partial charge in [0.25, 0.3) is 0 Å². The van der Waals surface area contributed by atoms with Gasteiger partial charge in [0.2, 0.25) is 5.91 Å². The fourth-order valence-electron chi connectivity index (χ4n) is 1.43. The third-order valence-corrected chi connectivity index (χ3v) is 3.08. The number of amides is 1. The lowest BCUT2D eigenvalue weighted by atomic mass is 10.1. The molecule has 100 valence electrons. The summed E-state index contributed by atoms with van der Waals surface area (Å²) in [4.78, 5) is 23.0. The van der Waals surface area contributed by atoms with Gasteiger partial charge in [0.1, 0.15) is 6.04 Å². The van der Waals surface area contributed by atoms with Crippen molar-refractivity contribution in [3.8, 4) is 0 Å². The van der Waals surface area contributed by atoms with Crippen LogP contribution in [-0.2, 0) is 14.3 Å². The van der Waals surface area contributed by atoms with Crippen LogP contribution in [0.5, 0.6) is 0 Å². The number of methoxy groups -OCH3 is 1. The van der Waals surface area contributed by atoms with E-state index in [1.807, 2.05) is 6.26 Å². The first-order valence-electron chi connectivity index (χ1n) is 6.01. The highest BCUT2D eigenvalue weighted by Gasteiger charge is 2.20. The van der Waals surface area contributed by atoms with Gasteiger partial charge in [0.05, 0.1) is 7.11 Å². The van der Waals surface area contributed by atoms with E-state index < -0.39 is 6.04 Å². The van der Waals surface area contributed by atoms with E-state index in [0.717, 1.165) is 25.0 Å². The van der Waals surface area contributed by atoms with E-state index >= 15 is 0 Å². The summed E-state index contributed by atoms with van der Waals surface area (Å²) in [5.41, 5.74) is 0. The third-order valence-electron chi connectivity index (χ3n) is 2.44. The van der Waals surface area contributed by atoms with Crippen molar-refractivity contribution in [3.63, 3.8) is 0 Å². The predicted molar refractivity (Wildman–Crippen MR) is 71.1 cm³/mol. The van der Waals surface area contributed by atoms with Gasteiger partial charge in [-0.2, -0.15) is 11.8 Å². The number of unbranched alkanes of at least 4 members (excludes halogenated alkanes) is 2. The van der Waals surface area contributed by atoms with Crippen LogP contribution in [0.1, 0.15) is 39.0 Å². The van der Waals surface area contributed by atoms with Crippen LogP contribution in [0.4, 0.5) is 0 Å². The van der Waals surface area contributed by atoms with Crippen molar-refractivity contribution in [2.24, 2.45) is 0 Å². The Balaban J connectivity index is 4.03. The Morgan fingerprint density at radius 1 is 1.35 bits per heavy atom. The Kier molecular flexibility index (Phi) is 10.0. The molecule has 1 atom stereocenters. The maximum atomic E-state index is 11.6. The summed E-state index contributed by atoms with van der Waals surface area (Å²) in [5.74, 6) is 0.410. The molecular weight excluding hydrogens is 238 g/mol. The summed E-state index contributed by atoms with van der Waals surface area (Å²) < 4.78 is 4.67. The Morgan fingerprint density at radius 2 is 2.06 bits per heavy atom. The summed E-state index contributed by atoms with van der Waals surface area (Å²) >= 11 is 1.65. The lowest BCUT2D eigenvalue weighted by molar-refractivity contribution is -0.145. The molecule has 0 heterocycles. The molecule has 0 saturated carbocycles. The van der Waals surface area contributed by atoms with Gasteiger partial charge in [0.15, 0.2) is 0 Å². The number of ether oxygens (including phenoxy) is 1. The predicted octanol–water partition coefficient (Wildman–Crippen LogP) is 1.98. The molecule has 1 amide bonds. The minimum atomic E-state index is -0.499. The minimum Gasteiger partial charge on any atom is -0.467 e. The minimum absolute atomic E-state index is 0.0602. The molecule has 0 aliphatic carbocycles. The van der Waals surface area contributed by atoms with Crippen molar-refractivity contribution >= 4 is 23.6 Å². The normalized spacial score (nSPS) is 11.9. The monoisotopic (exact) mass is 261 g/mol. The van der Waals surface area contributed by atoms with Gasteiger partial charge < -0.3 is 10.1 Å². The molecule has 0 aromatic heterocycles. The van der Waals surface area contributed by atoms with Gasteiger partial charge in [-0.05, 0) is 24.9 Å². The Labute approximate surface area is 108 Å². The molecule has 0 radical (unpaired) electrons. The standard InChI is InChI=1S/C12H23NO3S/c1-4-5-6-7-11(14)13-10(8-9-17-3)12(15)16-2/h10H,4-9H2,1-3H3,(H,13,14)/t10-/m0/s1. The van der Waals surface area contributed by atoms with Crippen LogP contribution in [0.25, 0.3) is 0 Å². The highest BCUT2D eigenvalue weighted by molar-refractivity contribution is 7.98. The maximum Gasteiger partial charge on any atom is 0.328 e. The zero-order chi connectivity index (χ0) is 13.1. The molecule has 0 aromatic carbocycles. The zero-order valence-corrected chi connectivity index (χ0v) is 11.8. The summed E-state index contributed by atoms with van der Waals surface area (Å²) in [7, 11) is 1.34. The maximum absolute atomic E-state index is 11.6. The van der Waals surface area contributed by atoms with Crippen molar-refractivity contribution < 1.29 is 14.3 Å². The SMILES string of the molecule is CCCCCC(=O)N[C@@H](CCSC)C(=O)OC. The summed E-state index contributed by atoms with van der Waals surface area (Å²) in [6.07, 6.45) is 6.07. The van der Waals surface area contributed by atoms with Crippen LogP contribution in [-0.4, -0.2) is 37.0 Å². The van der Waals surface area contributed by atoms with E-state index in [2.05, 4.69) is 17.0 Å². The van der Waals surface area contributed by atoms with Gasteiger partial charge in [0, 0.05) is 6.42 Å². The first-order valence-corrected chi connectivity index (χ1v) is 7.41. The second-order valence-corrected chi connectivity index (χ2v) is 4.87. The fraction of sp³-hybridized carbons (Fsp3) is 0.833. The molecule has 0 spiro atoms. The molecule has 0 fully saturated rings. The number of thioether (sulfide) groups is 1. The summed E-state index contributed by atoms with van der Waals surface area (Å²) in [5, 5.41) is 2.73. The first kappa shape index (κ1) is 16.3. The van der Waals surface area contributed by atoms with Gasteiger partial charge in [-0.1, -0.05) is 19.8 Å². The van der Waals surface area contributed by atoms with E-state index in [4.69, 9.17) is 0 Å². The van der Waals surface area contributed by atoms with Crippen molar-refractivity contribution in [2.75, 3.05) is 19.1 Å². The van der Waals surface area contributed by atoms with E-state index in [1.54, 1.807) is 11.8 Å². The van der Waals surface area contributed by atoms with Gasteiger partial charge in [-0.3, -0.25) is 4.79 Å². The van der Waals surface area contributed by atoms with E-state index in [0.29, 0.717) is 12.8 Å². The molecule has 0 aromatic rings.